The molecule has 7 nitrogen and oxygen atoms in total. The Balaban J connectivity index is 1.46. The Kier molecular flexibility index (Phi) is 7.37. The van der Waals surface area contributed by atoms with Crippen molar-refractivity contribution in [2.45, 2.75) is 0 Å². The van der Waals surface area contributed by atoms with E-state index >= 15 is 0 Å². The highest BCUT2D eigenvalue weighted by Gasteiger charge is 2.12. The van der Waals surface area contributed by atoms with Crippen LogP contribution in [0.1, 0.15) is 20.7 Å². The zero-order chi connectivity index (χ0) is 22.1. The molecule has 0 heterocycles. The minimum Gasteiger partial charge on any atom is -0.497 e. The summed E-state index contributed by atoms with van der Waals surface area (Å²) in [6, 6.07) is 21.7. The highest BCUT2D eigenvalue weighted by Crippen LogP contribution is 2.17. The molecule has 0 radical (unpaired) electrons. The Labute approximate surface area is 179 Å². The molecule has 0 aromatic heterocycles. The molecule has 0 bridgehead atoms. The van der Waals surface area contributed by atoms with Crippen molar-refractivity contribution in [2.24, 2.45) is 0 Å². The Morgan fingerprint density at radius 2 is 1.52 bits per heavy atom. The smallest absolute Gasteiger partial charge is 0.338 e. The van der Waals surface area contributed by atoms with Gasteiger partial charge in [0.05, 0.1) is 12.7 Å². The number of carbonyl (C=O) groups is 3. The van der Waals surface area contributed by atoms with Crippen LogP contribution in [-0.4, -0.2) is 38.0 Å². The third kappa shape index (κ3) is 6.43. The molecule has 0 spiro atoms. The summed E-state index contributed by atoms with van der Waals surface area (Å²) >= 11 is 0. The van der Waals surface area contributed by atoms with Crippen molar-refractivity contribution in [1.29, 1.82) is 0 Å². The standard InChI is InChI=1S/C24H21NO6/c1-29-21-9-5-8-19(14-21)25-23(27)16-30-20-12-10-18(11-13-20)24(28)31-15-22(26)17-6-3-2-4-7-17/h2-14H,15-16H2,1H3,(H,25,27). The third-order valence-electron chi connectivity index (χ3n) is 4.24. The lowest BCUT2D eigenvalue weighted by atomic mass is 10.1. The van der Waals surface area contributed by atoms with Crippen LogP contribution in [0.2, 0.25) is 0 Å². The monoisotopic (exact) mass is 419 g/mol. The first kappa shape index (κ1) is 21.6. The maximum atomic E-state index is 12.1. The van der Waals surface area contributed by atoms with E-state index in [1.165, 1.54) is 12.1 Å². The minimum atomic E-state index is -0.619. The number of hydrogen-bond acceptors (Lipinski definition) is 6. The molecule has 0 saturated heterocycles. The average molecular weight is 419 g/mol. The molecule has 0 unspecified atom stereocenters. The van der Waals surface area contributed by atoms with E-state index in [0.717, 1.165) is 0 Å². The maximum absolute atomic E-state index is 12.1. The van der Waals surface area contributed by atoms with Gasteiger partial charge in [-0.05, 0) is 36.4 Å². The maximum Gasteiger partial charge on any atom is 0.338 e. The summed E-state index contributed by atoms with van der Waals surface area (Å²) in [6.45, 7) is -0.544. The number of nitrogens with one attached hydrogen (secondary N) is 1. The molecule has 1 N–H and O–H groups in total. The predicted molar refractivity (Wildman–Crippen MR) is 115 cm³/mol. The fraction of sp³-hybridized carbons (Fsp3) is 0.125. The van der Waals surface area contributed by atoms with Crippen LogP contribution in [0.3, 0.4) is 0 Å². The van der Waals surface area contributed by atoms with Gasteiger partial charge in [0.25, 0.3) is 5.91 Å². The van der Waals surface area contributed by atoms with E-state index in [0.29, 0.717) is 22.7 Å². The fourth-order valence-electron chi connectivity index (χ4n) is 2.66. The van der Waals surface area contributed by atoms with Crippen LogP contribution >= 0.6 is 0 Å². The summed E-state index contributed by atoms with van der Waals surface area (Å²) in [4.78, 5) is 36.2. The molecular weight excluding hydrogens is 398 g/mol. The summed E-state index contributed by atoms with van der Waals surface area (Å²) < 4.78 is 15.6. The molecule has 1 amide bonds. The summed E-state index contributed by atoms with van der Waals surface area (Å²) in [5, 5.41) is 2.71. The molecule has 0 saturated carbocycles. The summed E-state index contributed by atoms with van der Waals surface area (Å²) in [6.07, 6.45) is 0. The SMILES string of the molecule is COc1cccc(NC(=O)COc2ccc(C(=O)OCC(=O)c3ccccc3)cc2)c1. The molecule has 0 atom stereocenters. The molecule has 0 fully saturated rings. The summed E-state index contributed by atoms with van der Waals surface area (Å²) in [7, 11) is 1.55. The first-order valence-electron chi connectivity index (χ1n) is 9.47. The number of carbonyl (C=O) groups excluding carboxylic acids is 3. The first-order chi connectivity index (χ1) is 15.0. The number of ketones is 1. The van der Waals surface area contributed by atoms with Crippen molar-refractivity contribution < 1.29 is 28.6 Å². The van der Waals surface area contributed by atoms with Gasteiger partial charge in [0, 0.05) is 17.3 Å². The van der Waals surface area contributed by atoms with E-state index in [9.17, 15) is 14.4 Å². The lowest BCUT2D eigenvalue weighted by molar-refractivity contribution is -0.118. The van der Waals surface area contributed by atoms with Crippen LogP contribution in [0, 0.1) is 0 Å². The Bertz CT molecular complexity index is 1050. The minimum absolute atomic E-state index is 0.202. The van der Waals surface area contributed by atoms with Crippen molar-refractivity contribution >= 4 is 23.3 Å². The van der Waals surface area contributed by atoms with Crippen LogP contribution in [0.15, 0.2) is 78.9 Å². The van der Waals surface area contributed by atoms with Gasteiger partial charge in [-0.3, -0.25) is 9.59 Å². The zero-order valence-corrected chi connectivity index (χ0v) is 16.9. The van der Waals surface area contributed by atoms with Crippen molar-refractivity contribution in [3.05, 3.63) is 90.0 Å². The molecule has 31 heavy (non-hydrogen) atoms. The van der Waals surface area contributed by atoms with Crippen molar-refractivity contribution in [2.75, 3.05) is 25.6 Å². The summed E-state index contributed by atoms with van der Waals surface area (Å²) in [5.41, 5.74) is 1.34. The number of Topliss-reactive ketones (excluding diaryl/α,β-unsaturated/α-hetero) is 1. The molecule has 3 aromatic carbocycles. The van der Waals surface area contributed by atoms with Gasteiger partial charge in [-0.2, -0.15) is 0 Å². The van der Waals surface area contributed by atoms with Gasteiger partial charge in [-0.15, -0.1) is 0 Å². The fourth-order valence-corrected chi connectivity index (χ4v) is 2.66. The van der Waals surface area contributed by atoms with E-state index in [4.69, 9.17) is 14.2 Å². The van der Waals surface area contributed by atoms with E-state index in [1.54, 1.807) is 73.8 Å². The number of amides is 1. The molecule has 3 aromatic rings. The van der Waals surface area contributed by atoms with Gasteiger partial charge in [0.15, 0.2) is 19.0 Å². The molecule has 0 aliphatic rings. The molecule has 3 rings (SSSR count). The van der Waals surface area contributed by atoms with E-state index in [1.807, 2.05) is 0 Å². The second-order valence-corrected chi connectivity index (χ2v) is 6.46. The van der Waals surface area contributed by atoms with Crippen LogP contribution in [0.5, 0.6) is 11.5 Å². The molecule has 7 heteroatoms. The number of rotatable bonds is 9. The second kappa shape index (κ2) is 10.6. The zero-order valence-electron chi connectivity index (χ0n) is 16.9. The van der Waals surface area contributed by atoms with Gasteiger partial charge in [0.2, 0.25) is 0 Å². The highest BCUT2D eigenvalue weighted by molar-refractivity contribution is 5.99. The van der Waals surface area contributed by atoms with Crippen LogP contribution in [-0.2, 0) is 9.53 Å². The lowest BCUT2D eigenvalue weighted by Gasteiger charge is -2.09. The van der Waals surface area contributed by atoms with Crippen molar-refractivity contribution in [3.63, 3.8) is 0 Å². The normalized spacial score (nSPS) is 10.1. The molecule has 158 valence electrons. The van der Waals surface area contributed by atoms with E-state index in [2.05, 4.69) is 5.32 Å². The van der Waals surface area contributed by atoms with Gasteiger partial charge in [-0.1, -0.05) is 36.4 Å². The van der Waals surface area contributed by atoms with Crippen LogP contribution in [0.25, 0.3) is 0 Å². The van der Waals surface area contributed by atoms with Gasteiger partial charge >= 0.3 is 5.97 Å². The Morgan fingerprint density at radius 1 is 0.774 bits per heavy atom. The highest BCUT2D eigenvalue weighted by atomic mass is 16.5. The number of esters is 1. The number of hydrogen-bond donors (Lipinski definition) is 1. The molecular formula is C24H21NO6. The largest absolute Gasteiger partial charge is 0.497 e. The third-order valence-corrected chi connectivity index (χ3v) is 4.24. The Morgan fingerprint density at radius 3 is 2.23 bits per heavy atom. The first-order valence-corrected chi connectivity index (χ1v) is 9.47. The predicted octanol–water partition coefficient (Wildman–Crippen LogP) is 3.75. The topological polar surface area (TPSA) is 90.9 Å². The lowest BCUT2D eigenvalue weighted by Crippen LogP contribution is -2.20. The number of anilines is 1. The second-order valence-electron chi connectivity index (χ2n) is 6.46. The van der Waals surface area contributed by atoms with Crippen molar-refractivity contribution in [1.82, 2.24) is 0 Å². The number of benzene rings is 3. The van der Waals surface area contributed by atoms with E-state index < -0.39 is 5.97 Å². The summed E-state index contributed by atoms with van der Waals surface area (Å²) in [5.74, 6) is -0.192. The van der Waals surface area contributed by atoms with Crippen LogP contribution in [0.4, 0.5) is 5.69 Å². The van der Waals surface area contributed by atoms with Gasteiger partial charge < -0.3 is 19.5 Å². The Hall–Kier alpha value is -4.13. The number of methoxy groups -OCH3 is 1. The number of ether oxygens (including phenoxy) is 3. The average Bonchev–Trinajstić information content (AvgIpc) is 2.82. The van der Waals surface area contributed by atoms with Crippen molar-refractivity contribution in [3.8, 4) is 11.5 Å². The molecule has 0 aliphatic carbocycles. The quantitative estimate of drug-likeness (QED) is 0.420. The van der Waals surface area contributed by atoms with Gasteiger partial charge in [-0.25, -0.2) is 4.79 Å². The molecule has 0 aliphatic heterocycles. The van der Waals surface area contributed by atoms with E-state index in [-0.39, 0.29) is 30.5 Å². The van der Waals surface area contributed by atoms with Gasteiger partial charge in [0.1, 0.15) is 11.5 Å². The van der Waals surface area contributed by atoms with Crippen LogP contribution < -0.4 is 14.8 Å².